The van der Waals surface area contributed by atoms with Crippen LogP contribution in [-0.2, 0) is 23.8 Å². The smallest absolute Gasteiger partial charge is 0.410 e. The second-order valence-electron chi connectivity index (χ2n) is 16.6. The van der Waals surface area contributed by atoms with E-state index in [1.54, 1.807) is 19.6 Å². The molecule has 2 fully saturated rings. The number of amides is 4. The standard InChI is InChI=1S/C46H54N4O7/c1-45(2,3)56-43(53)49-29-37(33-19-11-7-12-20-33)47(27-39(49)35-23-15-9-16-24-35)41(51)31-55-32-42(52)48-28-40(36-25-17-10-18-26-36)50(44(54)57-46(4,5)6)30-38(48)34-21-13-8-14-22-34/h7-26,37-40H,27-32H2,1-6H3. The van der Waals surface area contributed by atoms with Crippen molar-refractivity contribution >= 4 is 24.0 Å². The molecule has 6 rings (SSSR count). The van der Waals surface area contributed by atoms with Gasteiger partial charge in [0.1, 0.15) is 24.4 Å². The number of carbonyl (C=O) groups is 4. The lowest BCUT2D eigenvalue weighted by atomic mass is 9.95. The first-order chi connectivity index (χ1) is 27.2. The van der Waals surface area contributed by atoms with E-state index in [4.69, 9.17) is 14.2 Å². The molecule has 4 amide bonds. The van der Waals surface area contributed by atoms with E-state index in [-0.39, 0.29) is 51.2 Å². The molecule has 0 bridgehead atoms. The van der Waals surface area contributed by atoms with Gasteiger partial charge >= 0.3 is 12.2 Å². The van der Waals surface area contributed by atoms with Crippen LogP contribution in [0.1, 0.15) is 88.0 Å². The first-order valence-corrected chi connectivity index (χ1v) is 19.5. The summed E-state index contributed by atoms with van der Waals surface area (Å²) < 4.78 is 17.7. The molecular formula is C46H54N4O7. The molecule has 4 atom stereocenters. The Labute approximate surface area is 336 Å². The highest BCUT2D eigenvalue weighted by Crippen LogP contribution is 2.38. The monoisotopic (exact) mass is 774 g/mol. The zero-order valence-corrected chi connectivity index (χ0v) is 33.7. The highest BCUT2D eigenvalue weighted by Gasteiger charge is 2.43. The second kappa shape index (κ2) is 17.6. The van der Waals surface area contributed by atoms with E-state index in [1.807, 2.05) is 163 Å². The summed E-state index contributed by atoms with van der Waals surface area (Å²) in [4.78, 5) is 62.8. The van der Waals surface area contributed by atoms with Crippen LogP contribution in [0.5, 0.6) is 0 Å². The highest BCUT2D eigenvalue weighted by molar-refractivity contribution is 5.81. The van der Waals surface area contributed by atoms with Crippen molar-refractivity contribution in [2.24, 2.45) is 0 Å². The molecule has 0 radical (unpaired) electrons. The fourth-order valence-corrected chi connectivity index (χ4v) is 7.48. The molecule has 4 unspecified atom stereocenters. The van der Waals surface area contributed by atoms with Crippen LogP contribution in [0.2, 0.25) is 0 Å². The van der Waals surface area contributed by atoms with Crippen molar-refractivity contribution in [3.05, 3.63) is 144 Å². The zero-order chi connectivity index (χ0) is 40.7. The molecule has 2 saturated heterocycles. The normalized spacial score (nSPS) is 20.2. The minimum Gasteiger partial charge on any atom is -0.444 e. The van der Waals surface area contributed by atoms with E-state index < -0.39 is 47.6 Å². The minimum atomic E-state index is -0.711. The summed E-state index contributed by atoms with van der Waals surface area (Å²) in [6, 6.07) is 36.5. The second-order valence-corrected chi connectivity index (χ2v) is 16.6. The average Bonchev–Trinajstić information content (AvgIpc) is 3.19. The van der Waals surface area contributed by atoms with Gasteiger partial charge in [0.25, 0.3) is 0 Å². The number of carbonyl (C=O) groups excluding carboxylic acids is 4. The van der Waals surface area contributed by atoms with Crippen molar-refractivity contribution in [3.63, 3.8) is 0 Å². The molecule has 2 aliphatic rings. The quantitative estimate of drug-likeness (QED) is 0.178. The Bertz CT molecular complexity index is 1820. The fourth-order valence-electron chi connectivity index (χ4n) is 7.48. The first kappa shape index (κ1) is 41.0. The van der Waals surface area contributed by atoms with Gasteiger partial charge in [-0.05, 0) is 63.8 Å². The molecule has 4 aromatic rings. The van der Waals surface area contributed by atoms with Gasteiger partial charge in [-0.15, -0.1) is 0 Å². The summed E-state index contributed by atoms with van der Waals surface area (Å²) in [6.07, 6.45) is -0.917. The van der Waals surface area contributed by atoms with Crippen LogP contribution in [0, 0.1) is 0 Å². The maximum atomic E-state index is 14.3. The van der Waals surface area contributed by atoms with Crippen LogP contribution in [0.15, 0.2) is 121 Å². The van der Waals surface area contributed by atoms with Crippen LogP contribution in [0.3, 0.4) is 0 Å². The predicted octanol–water partition coefficient (Wildman–Crippen LogP) is 8.13. The number of rotatable bonds is 8. The van der Waals surface area contributed by atoms with Crippen molar-refractivity contribution in [2.45, 2.75) is 76.9 Å². The van der Waals surface area contributed by atoms with Crippen LogP contribution < -0.4 is 0 Å². The Morgan fingerprint density at radius 2 is 0.684 bits per heavy atom. The van der Waals surface area contributed by atoms with E-state index >= 15 is 0 Å². The molecule has 0 saturated carbocycles. The number of ether oxygens (including phenoxy) is 3. The van der Waals surface area contributed by atoms with Crippen LogP contribution in [0.4, 0.5) is 9.59 Å². The van der Waals surface area contributed by atoms with Gasteiger partial charge in [-0.2, -0.15) is 0 Å². The van der Waals surface area contributed by atoms with Crippen LogP contribution in [0.25, 0.3) is 0 Å². The van der Waals surface area contributed by atoms with E-state index in [1.165, 1.54) is 0 Å². The van der Waals surface area contributed by atoms with Crippen molar-refractivity contribution < 1.29 is 33.4 Å². The third-order valence-corrected chi connectivity index (χ3v) is 10.1. The van der Waals surface area contributed by atoms with Gasteiger partial charge in [-0.3, -0.25) is 19.4 Å². The van der Waals surface area contributed by atoms with E-state index in [9.17, 15) is 19.2 Å². The van der Waals surface area contributed by atoms with Crippen molar-refractivity contribution in [1.29, 1.82) is 0 Å². The summed E-state index contributed by atoms with van der Waals surface area (Å²) in [5, 5.41) is 0. The summed E-state index contributed by atoms with van der Waals surface area (Å²) in [5.74, 6) is -0.615. The van der Waals surface area contributed by atoms with Crippen LogP contribution in [-0.4, -0.2) is 94.2 Å². The maximum Gasteiger partial charge on any atom is 0.410 e. The Kier molecular flexibility index (Phi) is 12.7. The van der Waals surface area contributed by atoms with Gasteiger partial charge in [0, 0.05) is 26.2 Å². The number of benzene rings is 4. The minimum absolute atomic E-state index is 0.195. The number of hydrogen-bond donors (Lipinski definition) is 0. The van der Waals surface area contributed by atoms with Gasteiger partial charge < -0.3 is 24.0 Å². The molecule has 0 aliphatic carbocycles. The Balaban J connectivity index is 1.23. The summed E-state index contributed by atoms with van der Waals surface area (Å²) in [7, 11) is 0. The molecule has 4 aromatic carbocycles. The Morgan fingerprint density at radius 1 is 0.439 bits per heavy atom. The van der Waals surface area contributed by atoms with E-state index in [0.29, 0.717) is 0 Å². The van der Waals surface area contributed by atoms with Gasteiger partial charge in [-0.1, -0.05) is 121 Å². The maximum absolute atomic E-state index is 14.3. The Hall–Kier alpha value is -5.68. The number of hydrogen-bond acceptors (Lipinski definition) is 7. The number of piperazine rings is 2. The summed E-state index contributed by atoms with van der Waals surface area (Å²) in [6.45, 7) is 11.1. The first-order valence-electron chi connectivity index (χ1n) is 19.5. The zero-order valence-electron chi connectivity index (χ0n) is 33.7. The van der Waals surface area contributed by atoms with Crippen molar-refractivity contribution in [1.82, 2.24) is 19.6 Å². The molecular weight excluding hydrogens is 721 g/mol. The van der Waals surface area contributed by atoms with Crippen molar-refractivity contribution in [3.8, 4) is 0 Å². The molecule has 57 heavy (non-hydrogen) atoms. The largest absolute Gasteiger partial charge is 0.444 e. The molecule has 0 N–H and O–H groups in total. The fraction of sp³-hybridized carbons (Fsp3) is 0.391. The van der Waals surface area contributed by atoms with Gasteiger partial charge in [-0.25, -0.2) is 9.59 Å². The van der Waals surface area contributed by atoms with Gasteiger partial charge in [0.15, 0.2) is 0 Å². The topological polar surface area (TPSA) is 109 Å². The highest BCUT2D eigenvalue weighted by atomic mass is 16.6. The SMILES string of the molecule is CC(C)(C)OC(=O)N1CC(c2ccccc2)N(C(=O)COCC(=O)N2CC(c3ccccc3)N(C(=O)OC(C)(C)C)CC2c2ccccc2)CC1c1ccccc1. The van der Waals surface area contributed by atoms with Gasteiger partial charge in [0.2, 0.25) is 11.8 Å². The molecule has 11 heteroatoms. The van der Waals surface area contributed by atoms with Crippen molar-refractivity contribution in [2.75, 3.05) is 39.4 Å². The van der Waals surface area contributed by atoms with E-state index in [2.05, 4.69) is 0 Å². The molecule has 0 aromatic heterocycles. The molecule has 0 spiro atoms. The van der Waals surface area contributed by atoms with Gasteiger partial charge in [0.05, 0.1) is 24.2 Å². The summed E-state index contributed by atoms with van der Waals surface area (Å²) in [5.41, 5.74) is 2.04. The van der Waals surface area contributed by atoms with Crippen LogP contribution >= 0.6 is 0 Å². The average molecular weight is 775 g/mol. The third-order valence-electron chi connectivity index (χ3n) is 10.1. The Morgan fingerprint density at radius 3 is 0.947 bits per heavy atom. The molecule has 300 valence electrons. The molecule has 2 aliphatic heterocycles. The predicted molar refractivity (Wildman–Crippen MR) is 217 cm³/mol. The summed E-state index contributed by atoms with van der Waals surface area (Å²) >= 11 is 0. The number of nitrogens with zero attached hydrogens (tertiary/aromatic N) is 4. The third kappa shape index (κ3) is 10.4. The lowest BCUT2D eigenvalue weighted by molar-refractivity contribution is -0.149. The van der Waals surface area contributed by atoms with E-state index in [0.717, 1.165) is 22.3 Å². The molecule has 2 heterocycles. The molecule has 11 nitrogen and oxygen atoms in total. The lowest BCUT2D eigenvalue weighted by Crippen LogP contribution is -2.56. The lowest BCUT2D eigenvalue weighted by Gasteiger charge is -2.47.